The number of ether oxygens (including phenoxy) is 2. The predicted molar refractivity (Wildman–Crippen MR) is 108 cm³/mol. The van der Waals surface area contributed by atoms with Crippen molar-refractivity contribution in [1.82, 2.24) is 14.6 Å². The fraction of sp³-hybridized carbons (Fsp3) is 0.500. The van der Waals surface area contributed by atoms with Crippen molar-refractivity contribution in [2.75, 3.05) is 4.90 Å². The van der Waals surface area contributed by atoms with Gasteiger partial charge in [0.1, 0.15) is 20.6 Å². The first-order chi connectivity index (χ1) is 11.8. The van der Waals surface area contributed by atoms with E-state index >= 15 is 0 Å². The summed E-state index contributed by atoms with van der Waals surface area (Å²) in [7, 11) is 0. The molecular weight excluding hydrogens is 519 g/mol. The molecule has 10 heteroatoms. The molecule has 0 unspecified atom stereocenters. The van der Waals surface area contributed by atoms with E-state index in [1.165, 1.54) is 10.7 Å². The molecule has 2 aromatic heterocycles. The van der Waals surface area contributed by atoms with Crippen LogP contribution in [0.15, 0.2) is 16.9 Å². The molecule has 0 bridgehead atoms. The van der Waals surface area contributed by atoms with Crippen molar-refractivity contribution in [3.8, 4) is 0 Å². The monoisotopic (exact) mass is 538 g/mol. The lowest BCUT2D eigenvalue weighted by atomic mass is 10.2. The number of anilines is 1. The van der Waals surface area contributed by atoms with E-state index in [9.17, 15) is 9.59 Å². The van der Waals surface area contributed by atoms with Gasteiger partial charge < -0.3 is 9.47 Å². The summed E-state index contributed by atoms with van der Waals surface area (Å²) in [6.45, 7) is 10.3. The lowest BCUT2D eigenvalue weighted by molar-refractivity contribution is 0.0430. The van der Waals surface area contributed by atoms with Gasteiger partial charge in [0, 0.05) is 0 Å². The van der Waals surface area contributed by atoms with Crippen LogP contribution < -0.4 is 4.90 Å². The van der Waals surface area contributed by atoms with E-state index in [2.05, 4.69) is 48.6 Å². The number of carbonyl (C=O) groups is 2. The van der Waals surface area contributed by atoms with Crippen molar-refractivity contribution in [3.05, 3.63) is 20.6 Å². The Morgan fingerprint density at radius 3 is 2.04 bits per heavy atom. The number of amides is 2. The number of nitrogens with zero attached hydrogens (tertiary/aromatic N) is 4. The van der Waals surface area contributed by atoms with Crippen LogP contribution in [0.4, 0.5) is 15.3 Å². The Morgan fingerprint density at radius 2 is 1.58 bits per heavy atom. The molecule has 0 aliphatic rings. The second-order valence-electron chi connectivity index (χ2n) is 7.45. The molecule has 0 aromatic carbocycles. The Balaban J connectivity index is 2.62. The number of hydrogen-bond donors (Lipinski definition) is 0. The summed E-state index contributed by atoms with van der Waals surface area (Å²) in [4.78, 5) is 30.7. The zero-order valence-corrected chi connectivity index (χ0v) is 19.1. The number of halogens is 2. The van der Waals surface area contributed by atoms with Crippen molar-refractivity contribution in [2.45, 2.75) is 52.7 Å². The van der Waals surface area contributed by atoms with Gasteiger partial charge in [-0.2, -0.15) is 10.00 Å². The number of hydrogen-bond acceptors (Lipinski definition) is 6. The lowest BCUT2D eigenvalue weighted by Crippen LogP contribution is -2.44. The molecule has 2 aromatic rings. The quantitative estimate of drug-likeness (QED) is 0.486. The molecule has 0 N–H and O–H groups in total. The molecule has 142 valence electrons. The average molecular weight is 539 g/mol. The first-order valence-corrected chi connectivity index (χ1v) is 9.61. The summed E-state index contributed by atoms with van der Waals surface area (Å²) in [5, 5.41) is 4.22. The molecule has 0 saturated heterocycles. The van der Waals surface area contributed by atoms with Crippen LogP contribution in [0.3, 0.4) is 0 Å². The maximum absolute atomic E-state index is 12.8. The molecule has 0 radical (unpaired) electrons. The summed E-state index contributed by atoms with van der Waals surface area (Å²) in [6, 6.07) is 0. The van der Waals surface area contributed by atoms with Crippen LogP contribution in [-0.4, -0.2) is 38.0 Å². The summed E-state index contributed by atoms with van der Waals surface area (Å²) < 4.78 is 13.5. The molecular formula is C16H20BrIN4O4. The number of rotatable bonds is 1. The maximum Gasteiger partial charge on any atom is 0.424 e. The Hall–Kier alpha value is -1.43. The SMILES string of the molecule is CC(C)(C)OC(=O)N(C(=O)OC(C)(C)C)c1c(Br)cnn2c(I)cnc12. The smallest absolute Gasteiger partial charge is 0.424 e. The zero-order valence-electron chi connectivity index (χ0n) is 15.3. The third-order valence-electron chi connectivity index (χ3n) is 2.80. The van der Waals surface area contributed by atoms with Crippen molar-refractivity contribution in [1.29, 1.82) is 0 Å². The number of imide groups is 1. The minimum Gasteiger partial charge on any atom is -0.443 e. The normalized spacial score (nSPS) is 12.2. The van der Waals surface area contributed by atoms with Gasteiger partial charge in [-0.05, 0) is 80.1 Å². The van der Waals surface area contributed by atoms with Crippen LogP contribution in [0.5, 0.6) is 0 Å². The van der Waals surface area contributed by atoms with Crippen molar-refractivity contribution < 1.29 is 19.1 Å². The van der Waals surface area contributed by atoms with E-state index in [1.807, 2.05) is 0 Å². The molecule has 0 aliphatic heterocycles. The fourth-order valence-corrected chi connectivity index (χ4v) is 2.89. The minimum atomic E-state index is -0.862. The highest BCUT2D eigenvalue weighted by Crippen LogP contribution is 2.32. The topological polar surface area (TPSA) is 86.0 Å². The highest BCUT2D eigenvalue weighted by Gasteiger charge is 2.36. The van der Waals surface area contributed by atoms with Gasteiger partial charge in [0.05, 0.1) is 16.9 Å². The van der Waals surface area contributed by atoms with Crippen LogP contribution in [0, 0.1) is 3.70 Å². The van der Waals surface area contributed by atoms with E-state index in [1.54, 1.807) is 47.7 Å². The largest absolute Gasteiger partial charge is 0.443 e. The second-order valence-corrected chi connectivity index (χ2v) is 9.41. The van der Waals surface area contributed by atoms with E-state index in [-0.39, 0.29) is 5.69 Å². The predicted octanol–water partition coefficient (Wildman–Crippen LogP) is 4.77. The van der Waals surface area contributed by atoms with Gasteiger partial charge in [-0.1, -0.05) is 0 Å². The van der Waals surface area contributed by atoms with E-state index in [0.29, 0.717) is 10.1 Å². The first kappa shape index (κ1) is 20.9. The minimum absolute atomic E-state index is 0.200. The summed E-state index contributed by atoms with van der Waals surface area (Å²) in [6.07, 6.45) is 1.34. The van der Waals surface area contributed by atoms with Crippen molar-refractivity contribution in [2.24, 2.45) is 0 Å². The second kappa shape index (κ2) is 7.29. The van der Waals surface area contributed by atoms with Gasteiger partial charge in [0.2, 0.25) is 0 Å². The van der Waals surface area contributed by atoms with Gasteiger partial charge in [-0.25, -0.2) is 19.1 Å². The van der Waals surface area contributed by atoms with Gasteiger partial charge in [-0.15, -0.1) is 0 Å². The van der Waals surface area contributed by atoms with Crippen LogP contribution in [0.2, 0.25) is 0 Å². The third-order valence-corrected chi connectivity index (χ3v) is 4.11. The molecule has 0 spiro atoms. The zero-order chi connectivity index (χ0) is 19.9. The molecule has 2 heterocycles. The first-order valence-electron chi connectivity index (χ1n) is 7.74. The van der Waals surface area contributed by atoms with E-state index < -0.39 is 23.4 Å². The van der Waals surface area contributed by atoms with E-state index in [0.717, 1.165) is 8.60 Å². The van der Waals surface area contributed by atoms with Crippen molar-refractivity contribution in [3.63, 3.8) is 0 Å². The highest BCUT2D eigenvalue weighted by atomic mass is 127. The lowest BCUT2D eigenvalue weighted by Gasteiger charge is -2.29. The van der Waals surface area contributed by atoms with Gasteiger partial charge in [-0.3, -0.25) is 0 Å². The maximum atomic E-state index is 12.8. The third kappa shape index (κ3) is 4.84. The summed E-state index contributed by atoms with van der Waals surface area (Å²) in [5.74, 6) is 0. The van der Waals surface area contributed by atoms with Crippen LogP contribution >= 0.6 is 38.5 Å². The van der Waals surface area contributed by atoms with E-state index in [4.69, 9.17) is 9.47 Å². The molecule has 0 fully saturated rings. The average Bonchev–Trinajstić information content (AvgIpc) is 2.79. The number of carbonyl (C=O) groups excluding carboxylic acids is 2. The van der Waals surface area contributed by atoms with Crippen LogP contribution in [0.25, 0.3) is 5.65 Å². The van der Waals surface area contributed by atoms with Gasteiger partial charge in [0.25, 0.3) is 0 Å². The number of fused-ring (bicyclic) bond motifs is 1. The Labute approximate surface area is 173 Å². The van der Waals surface area contributed by atoms with Crippen molar-refractivity contribution >= 4 is 62.0 Å². The fourth-order valence-electron chi connectivity index (χ4n) is 1.95. The Morgan fingerprint density at radius 1 is 1.08 bits per heavy atom. The molecule has 8 nitrogen and oxygen atoms in total. The number of aromatic nitrogens is 3. The van der Waals surface area contributed by atoms with Gasteiger partial charge >= 0.3 is 12.2 Å². The summed E-state index contributed by atoms with van der Waals surface area (Å²) in [5.41, 5.74) is -1.07. The molecule has 2 amide bonds. The highest BCUT2D eigenvalue weighted by molar-refractivity contribution is 14.1. The molecule has 0 aliphatic carbocycles. The van der Waals surface area contributed by atoms with Gasteiger partial charge in [0.15, 0.2) is 5.65 Å². The standard InChI is InChI=1S/C16H20BrIN4O4/c1-15(2,3)25-13(23)21(14(24)26-16(4,5)6)11-9(17)7-20-22-10(18)8-19-12(11)22/h7-8H,1-6H3. The molecule has 2 rings (SSSR count). The number of imidazole rings is 1. The Bertz CT molecular complexity index is 826. The summed E-state index contributed by atoms with van der Waals surface area (Å²) >= 11 is 5.40. The Kier molecular flexibility index (Phi) is 5.86. The molecule has 0 atom stereocenters. The van der Waals surface area contributed by atoms with Crippen LogP contribution in [-0.2, 0) is 9.47 Å². The molecule has 0 saturated carbocycles. The van der Waals surface area contributed by atoms with Crippen LogP contribution in [0.1, 0.15) is 41.5 Å². The molecule has 26 heavy (non-hydrogen) atoms.